The monoisotopic (exact) mass is 316 g/mol. The summed E-state index contributed by atoms with van der Waals surface area (Å²) in [6.45, 7) is 2.82. The van der Waals surface area contributed by atoms with E-state index in [1.807, 2.05) is 7.05 Å². The maximum Gasteiger partial charge on any atom is 0.246 e. The molecule has 0 unspecified atom stereocenters. The van der Waals surface area contributed by atoms with Crippen LogP contribution in [0.2, 0.25) is 0 Å². The summed E-state index contributed by atoms with van der Waals surface area (Å²) in [5, 5.41) is 7.20. The molecular weight excluding hydrogens is 292 g/mol. The molecule has 1 aliphatic rings. The van der Waals surface area contributed by atoms with Crippen LogP contribution in [0.5, 0.6) is 0 Å². The number of ether oxygens (including phenoxy) is 1. The highest BCUT2D eigenvalue weighted by Crippen LogP contribution is 2.21. The zero-order chi connectivity index (χ0) is 15.3. The van der Waals surface area contributed by atoms with Crippen LogP contribution in [0.4, 0.5) is 0 Å². The third kappa shape index (κ3) is 4.03. The second-order valence-corrected chi connectivity index (χ2v) is 7.26. The number of hydrogen-bond acceptors (Lipinski definition) is 5. The van der Waals surface area contributed by atoms with Crippen molar-refractivity contribution in [3.8, 4) is 0 Å². The summed E-state index contributed by atoms with van der Waals surface area (Å²) in [5.41, 5.74) is 0. The zero-order valence-electron chi connectivity index (χ0n) is 12.7. The van der Waals surface area contributed by atoms with Gasteiger partial charge in [0.25, 0.3) is 0 Å². The van der Waals surface area contributed by atoms with Gasteiger partial charge in [0.15, 0.2) is 0 Å². The summed E-state index contributed by atoms with van der Waals surface area (Å²) < 4.78 is 33.6. The first-order chi connectivity index (χ1) is 10.1. The Morgan fingerprint density at radius 2 is 2.19 bits per heavy atom. The first-order valence-electron chi connectivity index (χ1n) is 7.28. The van der Waals surface area contributed by atoms with Gasteiger partial charge in [0, 0.05) is 39.0 Å². The molecule has 1 aromatic rings. The maximum atomic E-state index is 12.6. The molecule has 0 spiro atoms. The third-order valence-corrected chi connectivity index (χ3v) is 5.67. The molecular formula is C13H24N4O3S. The molecule has 21 heavy (non-hydrogen) atoms. The topological polar surface area (TPSA) is 76.5 Å². The Morgan fingerprint density at radius 1 is 1.48 bits per heavy atom. The molecule has 1 N–H and O–H groups in total. The van der Waals surface area contributed by atoms with Gasteiger partial charge < -0.3 is 10.1 Å². The van der Waals surface area contributed by atoms with E-state index in [4.69, 9.17) is 4.74 Å². The molecule has 0 saturated carbocycles. The number of aromatic nitrogens is 2. The Morgan fingerprint density at radius 3 is 2.86 bits per heavy atom. The largest absolute Gasteiger partial charge is 0.381 e. The lowest BCUT2D eigenvalue weighted by molar-refractivity contribution is 0.0632. The van der Waals surface area contributed by atoms with Gasteiger partial charge in [0.1, 0.15) is 4.90 Å². The first-order valence-corrected chi connectivity index (χ1v) is 8.72. The lowest BCUT2D eigenvalue weighted by Crippen LogP contribution is -2.40. The Kier molecular flexibility index (Phi) is 5.74. The van der Waals surface area contributed by atoms with E-state index in [0.717, 1.165) is 25.8 Å². The maximum absolute atomic E-state index is 12.6. The van der Waals surface area contributed by atoms with E-state index in [0.29, 0.717) is 19.8 Å². The fourth-order valence-corrected chi connectivity index (χ4v) is 3.80. The molecule has 0 bridgehead atoms. The van der Waals surface area contributed by atoms with Crippen LogP contribution in [0.1, 0.15) is 19.3 Å². The Balaban J connectivity index is 2.04. The van der Waals surface area contributed by atoms with Crippen LogP contribution in [0.15, 0.2) is 17.3 Å². The summed E-state index contributed by atoms with van der Waals surface area (Å²) in [6, 6.07) is 0.0105. The van der Waals surface area contributed by atoms with Gasteiger partial charge in [-0.15, -0.1) is 0 Å². The molecule has 7 nitrogen and oxygen atoms in total. The van der Waals surface area contributed by atoms with E-state index < -0.39 is 10.0 Å². The molecule has 2 heterocycles. The molecule has 120 valence electrons. The lowest BCUT2D eigenvalue weighted by Gasteiger charge is -2.29. The van der Waals surface area contributed by atoms with Gasteiger partial charge in [-0.3, -0.25) is 4.68 Å². The number of hydrogen-bond donors (Lipinski definition) is 1. The highest BCUT2D eigenvalue weighted by molar-refractivity contribution is 7.89. The van der Waals surface area contributed by atoms with Crippen LogP contribution in [-0.2, 0) is 21.3 Å². The van der Waals surface area contributed by atoms with Crippen molar-refractivity contribution in [2.24, 2.45) is 0 Å². The fourth-order valence-electron chi connectivity index (χ4n) is 2.43. The van der Waals surface area contributed by atoms with E-state index >= 15 is 0 Å². The van der Waals surface area contributed by atoms with E-state index in [9.17, 15) is 8.42 Å². The molecule has 8 heteroatoms. The van der Waals surface area contributed by atoms with Crippen LogP contribution in [0.25, 0.3) is 0 Å². The summed E-state index contributed by atoms with van der Waals surface area (Å²) >= 11 is 0. The lowest BCUT2D eigenvalue weighted by atomic mass is 10.1. The van der Waals surface area contributed by atoms with Gasteiger partial charge >= 0.3 is 0 Å². The molecule has 0 atom stereocenters. The summed E-state index contributed by atoms with van der Waals surface area (Å²) in [6.07, 6.45) is 5.44. The van der Waals surface area contributed by atoms with E-state index in [1.165, 1.54) is 10.5 Å². The van der Waals surface area contributed by atoms with Crippen molar-refractivity contribution in [2.75, 3.05) is 33.9 Å². The van der Waals surface area contributed by atoms with Crippen molar-refractivity contribution in [1.82, 2.24) is 19.4 Å². The molecule has 2 rings (SSSR count). The normalized spacial score (nSPS) is 17.5. The molecule has 1 fully saturated rings. The Bertz CT molecular complexity index is 537. The van der Waals surface area contributed by atoms with E-state index in [-0.39, 0.29) is 10.9 Å². The minimum Gasteiger partial charge on any atom is -0.381 e. The number of nitrogens with one attached hydrogen (secondary N) is 1. The van der Waals surface area contributed by atoms with Crippen molar-refractivity contribution < 1.29 is 13.2 Å². The molecule has 1 aromatic heterocycles. The predicted octanol–water partition coefficient (Wildman–Crippen LogP) is 0.292. The number of aryl methyl sites for hydroxylation is 1. The van der Waals surface area contributed by atoms with Crippen molar-refractivity contribution in [2.45, 2.75) is 36.7 Å². The van der Waals surface area contributed by atoms with Gasteiger partial charge in [-0.05, 0) is 32.9 Å². The quantitative estimate of drug-likeness (QED) is 0.732. The van der Waals surface area contributed by atoms with Crippen LogP contribution in [-0.4, -0.2) is 62.4 Å². The Labute approximate surface area is 126 Å². The predicted molar refractivity (Wildman–Crippen MR) is 79.6 cm³/mol. The summed E-state index contributed by atoms with van der Waals surface area (Å²) in [7, 11) is 0.0637. The van der Waals surface area contributed by atoms with Gasteiger partial charge in [-0.25, -0.2) is 8.42 Å². The number of rotatable bonds is 7. The molecule has 0 radical (unpaired) electrons. The van der Waals surface area contributed by atoms with Gasteiger partial charge in [-0.1, -0.05) is 0 Å². The third-order valence-electron chi connectivity index (χ3n) is 3.81. The summed E-state index contributed by atoms with van der Waals surface area (Å²) in [4.78, 5) is 0.265. The SMILES string of the molecule is CNCCCn1cc(S(=O)(=O)N(C)C2CCOCC2)cn1. The first kappa shape index (κ1) is 16.4. The Hall–Kier alpha value is -0.960. The van der Waals surface area contributed by atoms with Crippen LogP contribution in [0.3, 0.4) is 0 Å². The molecule has 0 aliphatic carbocycles. The van der Waals surface area contributed by atoms with Crippen molar-refractivity contribution in [1.29, 1.82) is 0 Å². The van der Waals surface area contributed by atoms with Crippen molar-refractivity contribution >= 4 is 10.0 Å². The smallest absolute Gasteiger partial charge is 0.246 e. The molecule has 1 saturated heterocycles. The highest BCUT2D eigenvalue weighted by atomic mass is 32.2. The standard InChI is InChI=1S/C13H24N4O3S/c1-14-6-3-7-17-11-13(10-15-17)21(18,19)16(2)12-4-8-20-9-5-12/h10-12,14H,3-9H2,1-2H3. The highest BCUT2D eigenvalue weighted by Gasteiger charge is 2.30. The number of sulfonamides is 1. The molecule has 0 amide bonds. The van der Waals surface area contributed by atoms with Gasteiger partial charge in [-0.2, -0.15) is 9.40 Å². The summed E-state index contributed by atoms with van der Waals surface area (Å²) in [5.74, 6) is 0. The minimum absolute atomic E-state index is 0.0105. The van der Waals surface area contributed by atoms with Crippen molar-refractivity contribution in [3.05, 3.63) is 12.4 Å². The van der Waals surface area contributed by atoms with E-state index in [2.05, 4.69) is 10.4 Å². The van der Waals surface area contributed by atoms with Crippen LogP contribution in [0, 0.1) is 0 Å². The second kappa shape index (κ2) is 7.35. The number of nitrogens with zero attached hydrogens (tertiary/aromatic N) is 3. The van der Waals surface area contributed by atoms with Gasteiger partial charge in [0.2, 0.25) is 10.0 Å². The fraction of sp³-hybridized carbons (Fsp3) is 0.769. The molecule has 1 aliphatic heterocycles. The van der Waals surface area contributed by atoms with Crippen molar-refractivity contribution in [3.63, 3.8) is 0 Å². The average Bonchev–Trinajstić information content (AvgIpc) is 2.97. The zero-order valence-corrected chi connectivity index (χ0v) is 13.5. The molecule has 0 aromatic carbocycles. The van der Waals surface area contributed by atoms with Crippen LogP contribution < -0.4 is 5.32 Å². The van der Waals surface area contributed by atoms with E-state index in [1.54, 1.807) is 17.9 Å². The average molecular weight is 316 g/mol. The minimum atomic E-state index is -3.47. The van der Waals surface area contributed by atoms with Crippen LogP contribution >= 0.6 is 0 Å². The second-order valence-electron chi connectivity index (χ2n) is 5.26. The van der Waals surface area contributed by atoms with Gasteiger partial charge in [0.05, 0.1) is 6.20 Å².